The van der Waals surface area contributed by atoms with E-state index in [4.69, 9.17) is 5.73 Å². The van der Waals surface area contributed by atoms with Crippen LogP contribution in [-0.4, -0.2) is 59.8 Å². The van der Waals surface area contributed by atoms with Gasteiger partial charge in [0.2, 0.25) is 0 Å². The Morgan fingerprint density at radius 1 is 1.38 bits per heavy atom. The van der Waals surface area contributed by atoms with Crippen molar-refractivity contribution >= 4 is 29.2 Å². The molecule has 1 unspecified atom stereocenters. The molecule has 3 aliphatic rings. The van der Waals surface area contributed by atoms with Crippen LogP contribution in [0.4, 0.5) is 0 Å². The second kappa shape index (κ2) is 5.90. The molecule has 3 heterocycles. The minimum atomic E-state index is -0.288. The Morgan fingerprint density at radius 2 is 2.10 bits per heavy atom. The first-order chi connectivity index (χ1) is 10.1. The summed E-state index contributed by atoms with van der Waals surface area (Å²) in [6.45, 7) is 7.90. The van der Waals surface area contributed by atoms with Crippen LogP contribution in [-0.2, 0) is 4.79 Å². The Morgan fingerprint density at radius 3 is 2.76 bits per heavy atom. The fourth-order valence-corrected chi connectivity index (χ4v) is 3.67. The number of piperazine rings is 1. The molecule has 21 heavy (non-hydrogen) atoms. The quantitative estimate of drug-likeness (QED) is 0.779. The highest BCUT2D eigenvalue weighted by atomic mass is 32.2. The number of nitrogens with zero attached hydrogens (tertiary/aromatic N) is 3. The molecule has 6 nitrogen and oxygen atoms in total. The third-order valence-corrected chi connectivity index (χ3v) is 5.21. The lowest BCUT2D eigenvalue weighted by Gasteiger charge is -2.29. The average molecular weight is 307 g/mol. The van der Waals surface area contributed by atoms with Gasteiger partial charge >= 0.3 is 0 Å². The van der Waals surface area contributed by atoms with Crippen molar-refractivity contribution in [1.29, 1.82) is 0 Å². The van der Waals surface area contributed by atoms with Crippen molar-refractivity contribution in [2.45, 2.75) is 25.1 Å². The molecule has 3 aliphatic heterocycles. The summed E-state index contributed by atoms with van der Waals surface area (Å²) < 4.78 is 0. The lowest BCUT2D eigenvalue weighted by atomic mass is 10.0. The van der Waals surface area contributed by atoms with E-state index in [0.717, 1.165) is 36.9 Å². The molecule has 3 rings (SSSR count). The van der Waals surface area contributed by atoms with E-state index in [1.807, 2.05) is 19.9 Å². The zero-order chi connectivity index (χ0) is 15.0. The number of allylic oxidation sites excluding steroid dienone is 1. The van der Waals surface area contributed by atoms with Gasteiger partial charge in [-0.3, -0.25) is 4.79 Å². The molecule has 0 spiro atoms. The van der Waals surface area contributed by atoms with Crippen LogP contribution >= 0.6 is 11.8 Å². The van der Waals surface area contributed by atoms with E-state index in [1.165, 1.54) is 0 Å². The van der Waals surface area contributed by atoms with E-state index in [-0.39, 0.29) is 23.1 Å². The smallest absolute Gasteiger partial charge is 0.267 e. The number of aliphatic imine (C=N–C) groups is 2. The number of hydrogen-bond donors (Lipinski definition) is 2. The van der Waals surface area contributed by atoms with Crippen molar-refractivity contribution in [3.05, 3.63) is 11.1 Å². The van der Waals surface area contributed by atoms with Gasteiger partial charge < -0.3 is 16.0 Å². The van der Waals surface area contributed by atoms with Gasteiger partial charge in [0.15, 0.2) is 0 Å². The highest BCUT2D eigenvalue weighted by Gasteiger charge is 2.37. The molecule has 1 fully saturated rings. The van der Waals surface area contributed by atoms with Crippen LogP contribution in [0.2, 0.25) is 0 Å². The first kappa shape index (κ1) is 14.7. The molecule has 0 aromatic heterocycles. The van der Waals surface area contributed by atoms with Gasteiger partial charge in [0.05, 0.1) is 16.8 Å². The third-order valence-electron chi connectivity index (χ3n) is 3.92. The molecule has 0 aliphatic carbocycles. The Labute approximate surface area is 129 Å². The van der Waals surface area contributed by atoms with E-state index in [9.17, 15) is 4.79 Å². The predicted octanol–water partition coefficient (Wildman–Crippen LogP) is 0.211. The molecule has 1 amide bonds. The monoisotopic (exact) mass is 307 g/mol. The first-order valence-corrected chi connectivity index (χ1v) is 8.25. The third kappa shape index (κ3) is 2.90. The zero-order valence-electron chi connectivity index (χ0n) is 12.4. The summed E-state index contributed by atoms with van der Waals surface area (Å²) in [7, 11) is 0. The Bertz CT molecular complexity index is 533. The van der Waals surface area contributed by atoms with Gasteiger partial charge in [-0.15, -0.1) is 0 Å². The SMILES string of the molecule is CC(C)[C@H](N)C1=NC(=O)C2SC(N3CCNCC3)=CC2=N1. The topological polar surface area (TPSA) is 83.1 Å². The lowest BCUT2D eigenvalue weighted by Crippen LogP contribution is -2.42. The number of thioether (sulfide) groups is 1. The normalized spacial score (nSPS) is 27.2. The van der Waals surface area contributed by atoms with Crippen LogP contribution in [0, 0.1) is 5.92 Å². The molecule has 3 N–H and O–H groups in total. The van der Waals surface area contributed by atoms with Gasteiger partial charge in [-0.1, -0.05) is 25.6 Å². The van der Waals surface area contributed by atoms with E-state index in [0.29, 0.717) is 5.84 Å². The lowest BCUT2D eigenvalue weighted by molar-refractivity contribution is -0.116. The minimum Gasteiger partial charge on any atom is -0.364 e. The van der Waals surface area contributed by atoms with Crippen LogP contribution in [0.25, 0.3) is 0 Å². The first-order valence-electron chi connectivity index (χ1n) is 7.37. The number of amidine groups is 1. The fraction of sp³-hybridized carbons (Fsp3) is 0.643. The molecular formula is C14H21N5OS. The summed E-state index contributed by atoms with van der Waals surface area (Å²) in [6, 6.07) is -0.288. The summed E-state index contributed by atoms with van der Waals surface area (Å²) in [5.74, 6) is 0.556. The molecule has 1 saturated heterocycles. The van der Waals surface area contributed by atoms with E-state index < -0.39 is 0 Å². The summed E-state index contributed by atoms with van der Waals surface area (Å²) in [5.41, 5.74) is 6.88. The van der Waals surface area contributed by atoms with E-state index in [1.54, 1.807) is 11.8 Å². The van der Waals surface area contributed by atoms with Gasteiger partial charge in [-0.05, 0) is 12.0 Å². The maximum atomic E-state index is 12.2. The number of nitrogens with one attached hydrogen (secondary N) is 1. The van der Waals surface area contributed by atoms with Crippen molar-refractivity contribution < 1.29 is 4.79 Å². The number of carbonyl (C=O) groups is 1. The molecule has 7 heteroatoms. The van der Waals surface area contributed by atoms with Gasteiger partial charge in [0, 0.05) is 26.2 Å². The number of rotatable bonds is 3. The number of hydrogen-bond acceptors (Lipinski definition) is 6. The van der Waals surface area contributed by atoms with Crippen molar-refractivity contribution in [3.8, 4) is 0 Å². The molecule has 0 saturated carbocycles. The van der Waals surface area contributed by atoms with Gasteiger partial charge in [-0.25, -0.2) is 4.99 Å². The van der Waals surface area contributed by atoms with Crippen molar-refractivity contribution in [1.82, 2.24) is 10.2 Å². The van der Waals surface area contributed by atoms with Gasteiger partial charge in [-0.2, -0.15) is 4.99 Å². The second-order valence-corrected chi connectivity index (χ2v) is 6.96. The molecule has 2 atom stereocenters. The predicted molar refractivity (Wildman–Crippen MR) is 86.6 cm³/mol. The van der Waals surface area contributed by atoms with Crippen molar-refractivity contribution in [2.24, 2.45) is 21.6 Å². The summed E-state index contributed by atoms with van der Waals surface area (Å²) in [5, 5.41) is 4.18. The van der Waals surface area contributed by atoms with Crippen LogP contribution in [0.3, 0.4) is 0 Å². The van der Waals surface area contributed by atoms with Crippen LogP contribution < -0.4 is 11.1 Å². The summed E-state index contributed by atoms with van der Waals surface area (Å²) >= 11 is 1.56. The van der Waals surface area contributed by atoms with Crippen LogP contribution in [0.1, 0.15) is 13.8 Å². The molecule has 0 aromatic rings. The van der Waals surface area contributed by atoms with Crippen molar-refractivity contribution in [2.75, 3.05) is 26.2 Å². The highest BCUT2D eigenvalue weighted by molar-refractivity contribution is 8.05. The highest BCUT2D eigenvalue weighted by Crippen LogP contribution is 2.35. The average Bonchev–Trinajstić information content (AvgIpc) is 2.92. The molecule has 0 aromatic carbocycles. The van der Waals surface area contributed by atoms with E-state index >= 15 is 0 Å². The van der Waals surface area contributed by atoms with Crippen molar-refractivity contribution in [3.63, 3.8) is 0 Å². The fourth-order valence-electron chi connectivity index (χ4n) is 2.51. The Kier molecular flexibility index (Phi) is 4.14. The molecule has 0 radical (unpaired) electrons. The Hall–Kier alpha value is -1.18. The summed E-state index contributed by atoms with van der Waals surface area (Å²) in [6.07, 6.45) is 2.03. The molecular weight excluding hydrogens is 286 g/mol. The Balaban J connectivity index is 1.81. The largest absolute Gasteiger partial charge is 0.364 e. The van der Waals surface area contributed by atoms with Gasteiger partial charge in [0.25, 0.3) is 5.91 Å². The zero-order valence-corrected chi connectivity index (χ0v) is 13.2. The minimum absolute atomic E-state index is 0.127. The maximum Gasteiger partial charge on any atom is 0.267 e. The van der Waals surface area contributed by atoms with Gasteiger partial charge in [0.1, 0.15) is 11.1 Å². The number of nitrogens with two attached hydrogens (primary N) is 1. The molecule has 114 valence electrons. The number of carbonyl (C=O) groups excluding carboxylic acids is 1. The van der Waals surface area contributed by atoms with Crippen LogP contribution in [0.5, 0.6) is 0 Å². The van der Waals surface area contributed by atoms with Crippen LogP contribution in [0.15, 0.2) is 21.1 Å². The van der Waals surface area contributed by atoms with E-state index in [2.05, 4.69) is 20.2 Å². The number of amides is 1. The standard InChI is InChI=1S/C14H21N5OS/c1-8(2)11(15)13-17-9-7-10(19-5-3-16-4-6-19)21-12(9)14(20)18-13/h7-8,11-12,16H,3-6,15H2,1-2H3/t11-,12?/m0/s1. The number of fused-ring (bicyclic) bond motifs is 1. The maximum absolute atomic E-state index is 12.2. The second-order valence-electron chi connectivity index (χ2n) is 5.83. The summed E-state index contributed by atoms with van der Waals surface area (Å²) in [4.78, 5) is 23.2. The molecule has 0 bridgehead atoms.